The van der Waals surface area contributed by atoms with E-state index in [0.717, 1.165) is 48.6 Å². The van der Waals surface area contributed by atoms with Crippen LogP contribution < -0.4 is 19.1 Å². The topological polar surface area (TPSA) is 43.4 Å². The second-order valence-corrected chi connectivity index (χ2v) is 13.6. The van der Waals surface area contributed by atoms with Crippen molar-refractivity contribution in [2.24, 2.45) is 17.8 Å². The van der Waals surface area contributed by atoms with Crippen molar-refractivity contribution < 1.29 is 18.9 Å². The number of para-hydroxylation sites is 2. The van der Waals surface area contributed by atoms with Gasteiger partial charge in [0.15, 0.2) is 0 Å². The number of benzene rings is 3. The summed E-state index contributed by atoms with van der Waals surface area (Å²) in [6.45, 7) is 6.26. The number of methoxy groups -OCH3 is 1. The molecule has 0 radical (unpaired) electrons. The van der Waals surface area contributed by atoms with Gasteiger partial charge in [0.05, 0.1) is 12.8 Å². The zero-order chi connectivity index (χ0) is 32.0. The van der Waals surface area contributed by atoms with Crippen LogP contribution in [0.15, 0.2) is 127 Å². The van der Waals surface area contributed by atoms with Crippen LogP contribution >= 0.6 is 12.2 Å². The molecular formula is C40H40N2O4S. The molecule has 1 aliphatic carbocycles. The van der Waals surface area contributed by atoms with Gasteiger partial charge in [-0.05, 0) is 104 Å². The molecule has 6 nitrogen and oxygen atoms in total. The van der Waals surface area contributed by atoms with Crippen LogP contribution in [0.5, 0.6) is 17.2 Å². The van der Waals surface area contributed by atoms with Crippen molar-refractivity contribution in [3.05, 3.63) is 133 Å². The number of allylic oxidation sites excluding steroid dienone is 5. The minimum Gasteiger partial charge on any atom is -0.497 e. The third kappa shape index (κ3) is 5.17. The van der Waals surface area contributed by atoms with E-state index in [1.165, 1.54) is 6.42 Å². The number of hydrogen-bond donors (Lipinski definition) is 0. The van der Waals surface area contributed by atoms with Crippen LogP contribution in [-0.2, 0) is 10.2 Å². The second-order valence-electron chi connectivity index (χ2n) is 13.2. The fourth-order valence-electron chi connectivity index (χ4n) is 8.65. The first kappa shape index (κ1) is 30.0. The average molecular weight is 645 g/mol. The van der Waals surface area contributed by atoms with Crippen LogP contribution in [-0.4, -0.2) is 42.4 Å². The van der Waals surface area contributed by atoms with Gasteiger partial charge in [-0.15, -0.1) is 6.58 Å². The Hall–Kier alpha value is -4.33. The lowest BCUT2D eigenvalue weighted by Crippen LogP contribution is -2.66. The number of hydrogen-bond acceptors (Lipinski definition) is 6. The molecule has 0 saturated carbocycles. The van der Waals surface area contributed by atoms with E-state index in [0.29, 0.717) is 40.9 Å². The third-order valence-electron chi connectivity index (χ3n) is 10.9. The lowest BCUT2D eigenvalue weighted by Gasteiger charge is -2.60. The summed E-state index contributed by atoms with van der Waals surface area (Å²) in [5.41, 5.74) is 2.58. The lowest BCUT2D eigenvalue weighted by molar-refractivity contribution is -0.123. The summed E-state index contributed by atoms with van der Waals surface area (Å²) in [5, 5.41) is 0.316. The normalized spacial score (nSPS) is 30.3. The Balaban J connectivity index is 1.34. The molecule has 3 aromatic rings. The zero-order valence-corrected chi connectivity index (χ0v) is 27.5. The number of piperidine rings is 3. The number of rotatable bonds is 7. The molecule has 0 N–H and O–H groups in total. The maximum Gasteiger partial charge on any atom is 0.306 e. The van der Waals surface area contributed by atoms with Crippen molar-refractivity contribution in [1.29, 1.82) is 0 Å². The van der Waals surface area contributed by atoms with Gasteiger partial charge in [-0.3, -0.25) is 9.80 Å². The fraction of sp³-hybridized carbons (Fsp3) is 0.325. The minimum absolute atomic E-state index is 0.180. The third-order valence-corrected chi connectivity index (χ3v) is 11.1. The SMILES string of the molecule is C=CC1CN2CCC1C[C@H]2[C@@H]1OC(Oc2ccccc2)=C2C[C@]1(C1C=CC=CC1)c1cc(OC)ccc1N2C(=S)Oc1ccccc1. The molecule has 6 aliphatic rings. The molecule has 4 unspecified atom stereocenters. The number of nitrogens with zero attached hydrogens (tertiary/aromatic N) is 2. The van der Waals surface area contributed by atoms with Crippen molar-refractivity contribution in [2.75, 3.05) is 25.1 Å². The maximum absolute atomic E-state index is 7.37. The highest BCUT2D eigenvalue weighted by atomic mass is 32.1. The highest BCUT2D eigenvalue weighted by Crippen LogP contribution is 2.59. The van der Waals surface area contributed by atoms with Gasteiger partial charge in [-0.2, -0.15) is 0 Å². The molecule has 240 valence electrons. The lowest BCUT2D eigenvalue weighted by atomic mass is 9.56. The number of thiocarbonyl (C=S) groups is 1. The fourth-order valence-corrected chi connectivity index (χ4v) is 8.96. The van der Waals surface area contributed by atoms with Crippen LogP contribution in [0.4, 0.5) is 5.69 Å². The first-order valence-corrected chi connectivity index (χ1v) is 17.1. The molecule has 5 heterocycles. The summed E-state index contributed by atoms with van der Waals surface area (Å²) in [6, 6.07) is 26.1. The van der Waals surface area contributed by atoms with Gasteiger partial charge in [-0.1, -0.05) is 66.8 Å². The molecule has 5 aliphatic heterocycles. The predicted octanol–water partition coefficient (Wildman–Crippen LogP) is 8.18. The first-order valence-electron chi connectivity index (χ1n) is 16.7. The molecule has 3 aromatic carbocycles. The monoisotopic (exact) mass is 644 g/mol. The van der Waals surface area contributed by atoms with E-state index in [2.05, 4.69) is 54.0 Å². The number of fused-ring (bicyclic) bond motifs is 7. The quantitative estimate of drug-likeness (QED) is 0.190. The second kappa shape index (κ2) is 12.4. The van der Waals surface area contributed by atoms with Gasteiger partial charge in [0.2, 0.25) is 0 Å². The summed E-state index contributed by atoms with van der Waals surface area (Å²) in [7, 11) is 1.73. The zero-order valence-electron chi connectivity index (χ0n) is 26.7. The summed E-state index contributed by atoms with van der Waals surface area (Å²) < 4.78 is 26.4. The smallest absolute Gasteiger partial charge is 0.306 e. The van der Waals surface area contributed by atoms with E-state index >= 15 is 0 Å². The highest BCUT2D eigenvalue weighted by Gasteiger charge is 2.61. The Kier molecular flexibility index (Phi) is 7.90. The van der Waals surface area contributed by atoms with Gasteiger partial charge >= 0.3 is 5.95 Å². The van der Waals surface area contributed by atoms with Gasteiger partial charge in [0, 0.05) is 24.4 Å². The molecule has 7 atom stereocenters. The average Bonchev–Trinajstić information content (AvgIpc) is 3.13. The van der Waals surface area contributed by atoms with Crippen molar-refractivity contribution in [1.82, 2.24) is 4.90 Å². The van der Waals surface area contributed by atoms with Crippen molar-refractivity contribution in [3.63, 3.8) is 0 Å². The van der Waals surface area contributed by atoms with Crippen molar-refractivity contribution >= 4 is 23.1 Å². The summed E-state index contributed by atoms with van der Waals surface area (Å²) in [6.07, 6.45) is 14.8. The van der Waals surface area contributed by atoms with Gasteiger partial charge in [-0.25, -0.2) is 0 Å². The molecule has 0 aromatic heterocycles. The van der Waals surface area contributed by atoms with Crippen LogP contribution in [0.25, 0.3) is 0 Å². The Morgan fingerprint density at radius 2 is 1.79 bits per heavy atom. The van der Waals surface area contributed by atoms with Crippen molar-refractivity contribution in [2.45, 2.75) is 43.2 Å². The molecule has 0 amide bonds. The van der Waals surface area contributed by atoms with E-state index in [-0.39, 0.29) is 18.1 Å². The van der Waals surface area contributed by atoms with Crippen LogP contribution in [0.1, 0.15) is 31.2 Å². The van der Waals surface area contributed by atoms with E-state index in [9.17, 15) is 0 Å². The van der Waals surface area contributed by atoms with Crippen molar-refractivity contribution in [3.8, 4) is 17.2 Å². The number of anilines is 1. The molecule has 3 fully saturated rings. The molecule has 0 spiro atoms. The van der Waals surface area contributed by atoms with E-state index in [4.69, 9.17) is 31.2 Å². The number of ether oxygens (including phenoxy) is 4. The molecule has 47 heavy (non-hydrogen) atoms. The van der Waals surface area contributed by atoms with E-state index in [1.807, 2.05) is 71.6 Å². The van der Waals surface area contributed by atoms with E-state index in [1.54, 1.807) is 7.11 Å². The first-order chi connectivity index (χ1) is 23.1. The Bertz CT molecular complexity index is 1750. The van der Waals surface area contributed by atoms with Crippen LogP contribution in [0, 0.1) is 17.8 Å². The Morgan fingerprint density at radius 1 is 1.00 bits per heavy atom. The molecule has 9 rings (SSSR count). The molecular weight excluding hydrogens is 605 g/mol. The van der Waals surface area contributed by atoms with E-state index < -0.39 is 5.41 Å². The predicted molar refractivity (Wildman–Crippen MR) is 189 cm³/mol. The largest absolute Gasteiger partial charge is 0.497 e. The summed E-state index contributed by atoms with van der Waals surface area (Å²) in [4.78, 5) is 4.68. The summed E-state index contributed by atoms with van der Waals surface area (Å²) >= 11 is 6.12. The van der Waals surface area contributed by atoms with Crippen LogP contribution in [0.3, 0.4) is 0 Å². The molecule has 7 heteroatoms. The Morgan fingerprint density at radius 3 is 2.47 bits per heavy atom. The molecule has 3 saturated heterocycles. The van der Waals surface area contributed by atoms with Gasteiger partial charge in [0.1, 0.15) is 29.0 Å². The minimum atomic E-state index is -0.422. The standard InChI is InChI=1S/C40H40N2O4S/c1-3-27-26-41-22-21-28(27)23-35(41)37-40(29-13-7-4-8-14-29)25-36(38(46-37)44-30-15-9-5-10-16-30)42(34-20-19-32(43-2)24-33(34)40)39(47)45-31-17-11-6-12-18-31/h3-13,15-20,24,27-29,35,37H,1,14,21-23,25-26H2,2H3/t27?,28?,29?,35-,37-,40-/m0/s1. The maximum atomic E-state index is 7.37. The van der Waals surface area contributed by atoms with Gasteiger partial charge in [0.25, 0.3) is 5.17 Å². The highest BCUT2D eigenvalue weighted by molar-refractivity contribution is 7.80. The summed E-state index contributed by atoms with van der Waals surface area (Å²) in [5.74, 6) is 3.95. The van der Waals surface area contributed by atoms with Gasteiger partial charge < -0.3 is 18.9 Å². The molecule has 4 bridgehead atoms. The van der Waals surface area contributed by atoms with Crippen LogP contribution in [0.2, 0.25) is 0 Å². The Labute approximate surface area is 282 Å².